The van der Waals surface area contributed by atoms with Crippen LogP contribution in [0, 0.1) is 0 Å². The molecule has 1 aliphatic heterocycles. The first-order valence-electron chi connectivity index (χ1n) is 6.40. The Morgan fingerprint density at radius 3 is 2.85 bits per heavy atom. The molecule has 2 aromatic rings. The Kier molecular flexibility index (Phi) is 3.50. The summed E-state index contributed by atoms with van der Waals surface area (Å²) < 4.78 is 10.9. The highest BCUT2D eigenvalue weighted by Gasteiger charge is 2.12. The number of hydrogen-bond donors (Lipinski definition) is 1. The lowest BCUT2D eigenvalue weighted by Gasteiger charge is -2.19. The van der Waals surface area contributed by atoms with Crippen molar-refractivity contribution < 1.29 is 14.3 Å². The van der Waals surface area contributed by atoms with E-state index in [1.54, 1.807) is 30.6 Å². The van der Waals surface area contributed by atoms with Crippen molar-refractivity contribution in [3.8, 4) is 11.5 Å². The minimum absolute atomic E-state index is 0.0883. The van der Waals surface area contributed by atoms with Gasteiger partial charge < -0.3 is 14.8 Å². The molecule has 0 atom stereocenters. The molecule has 3 rings (SSSR count). The molecule has 1 N–H and O–H groups in total. The molecule has 1 aliphatic rings. The second kappa shape index (κ2) is 5.61. The molecule has 1 aromatic heterocycles. The maximum absolute atomic E-state index is 11.9. The molecule has 20 heavy (non-hydrogen) atoms. The fourth-order valence-corrected chi connectivity index (χ4v) is 2.01. The van der Waals surface area contributed by atoms with Crippen LogP contribution >= 0.6 is 0 Å². The van der Waals surface area contributed by atoms with E-state index >= 15 is 0 Å². The van der Waals surface area contributed by atoms with Crippen LogP contribution in [0.15, 0.2) is 42.7 Å². The number of carbonyl (C=O) groups excluding carboxylic acids is 1. The highest BCUT2D eigenvalue weighted by molar-refractivity contribution is 5.92. The molecule has 0 saturated heterocycles. The maximum Gasteiger partial charge on any atom is 0.228 e. The number of amides is 1. The highest BCUT2D eigenvalue weighted by atomic mass is 16.6. The van der Waals surface area contributed by atoms with Crippen LogP contribution in [0.2, 0.25) is 0 Å². The number of carbonyl (C=O) groups is 1. The van der Waals surface area contributed by atoms with Gasteiger partial charge in [-0.3, -0.25) is 9.78 Å². The predicted octanol–water partition coefficient (Wildman–Crippen LogP) is 2.03. The second-order valence-corrected chi connectivity index (χ2v) is 4.44. The van der Waals surface area contributed by atoms with Crippen LogP contribution in [0.1, 0.15) is 5.56 Å². The van der Waals surface area contributed by atoms with Gasteiger partial charge in [0.25, 0.3) is 0 Å². The van der Waals surface area contributed by atoms with Crippen LogP contribution in [0.4, 0.5) is 5.69 Å². The van der Waals surface area contributed by atoms with Gasteiger partial charge in [0, 0.05) is 24.1 Å². The fraction of sp³-hybridized carbons (Fsp3) is 0.200. The number of anilines is 1. The lowest BCUT2D eigenvalue weighted by atomic mass is 10.2. The summed E-state index contributed by atoms with van der Waals surface area (Å²) in [6.45, 7) is 1.08. The van der Waals surface area contributed by atoms with E-state index in [1.165, 1.54) is 0 Å². The zero-order valence-electron chi connectivity index (χ0n) is 10.8. The number of hydrogen-bond acceptors (Lipinski definition) is 4. The van der Waals surface area contributed by atoms with Crippen molar-refractivity contribution in [3.05, 3.63) is 48.3 Å². The first kappa shape index (κ1) is 12.5. The molecule has 0 aliphatic carbocycles. The molecule has 2 heterocycles. The van der Waals surface area contributed by atoms with Crippen molar-refractivity contribution in [1.82, 2.24) is 4.98 Å². The van der Waals surface area contributed by atoms with Crippen LogP contribution in [0.5, 0.6) is 11.5 Å². The average molecular weight is 270 g/mol. The van der Waals surface area contributed by atoms with Crippen molar-refractivity contribution in [3.63, 3.8) is 0 Å². The summed E-state index contributed by atoms with van der Waals surface area (Å²) in [5, 5.41) is 2.84. The zero-order chi connectivity index (χ0) is 13.8. The van der Waals surface area contributed by atoms with Gasteiger partial charge in [-0.15, -0.1) is 0 Å². The van der Waals surface area contributed by atoms with E-state index in [4.69, 9.17) is 9.47 Å². The number of aromatic nitrogens is 1. The third kappa shape index (κ3) is 2.88. The Morgan fingerprint density at radius 2 is 2.05 bits per heavy atom. The number of nitrogens with zero attached hydrogens (tertiary/aromatic N) is 1. The van der Waals surface area contributed by atoms with Crippen molar-refractivity contribution in [2.24, 2.45) is 0 Å². The van der Waals surface area contributed by atoms with E-state index in [-0.39, 0.29) is 5.91 Å². The van der Waals surface area contributed by atoms with Gasteiger partial charge in [0.1, 0.15) is 13.2 Å². The SMILES string of the molecule is O=C(Cc1cccnc1)Nc1ccc2c(c1)OCCO2. The van der Waals surface area contributed by atoms with E-state index < -0.39 is 0 Å². The van der Waals surface area contributed by atoms with E-state index in [0.717, 1.165) is 5.56 Å². The summed E-state index contributed by atoms with van der Waals surface area (Å²) in [6, 6.07) is 9.06. The second-order valence-electron chi connectivity index (χ2n) is 4.44. The standard InChI is InChI=1S/C15H14N2O3/c18-15(8-11-2-1-5-16-10-11)17-12-3-4-13-14(9-12)20-7-6-19-13/h1-5,9-10H,6-8H2,(H,17,18). The van der Waals surface area contributed by atoms with E-state index in [2.05, 4.69) is 10.3 Å². The highest BCUT2D eigenvalue weighted by Crippen LogP contribution is 2.32. The van der Waals surface area contributed by atoms with E-state index in [9.17, 15) is 4.79 Å². The van der Waals surface area contributed by atoms with Gasteiger partial charge >= 0.3 is 0 Å². The summed E-state index contributed by atoms with van der Waals surface area (Å²) in [6.07, 6.45) is 3.66. The van der Waals surface area contributed by atoms with Crippen LogP contribution in [0.25, 0.3) is 0 Å². The molecule has 0 unspecified atom stereocenters. The van der Waals surface area contributed by atoms with Crippen molar-refractivity contribution in [2.45, 2.75) is 6.42 Å². The molecule has 1 amide bonds. The lowest BCUT2D eigenvalue weighted by Crippen LogP contribution is -2.17. The summed E-state index contributed by atoms with van der Waals surface area (Å²) in [5.74, 6) is 1.28. The monoisotopic (exact) mass is 270 g/mol. The molecule has 0 saturated carbocycles. The van der Waals surface area contributed by atoms with E-state index in [1.807, 2.05) is 12.1 Å². The van der Waals surface area contributed by atoms with Gasteiger partial charge in [-0.25, -0.2) is 0 Å². The summed E-state index contributed by atoms with van der Waals surface area (Å²) >= 11 is 0. The van der Waals surface area contributed by atoms with Crippen LogP contribution in [-0.4, -0.2) is 24.1 Å². The molecular formula is C15H14N2O3. The smallest absolute Gasteiger partial charge is 0.228 e. The minimum atomic E-state index is -0.0883. The molecule has 0 bridgehead atoms. The normalized spacial score (nSPS) is 12.8. The van der Waals surface area contributed by atoms with Gasteiger partial charge in [0.05, 0.1) is 6.42 Å². The van der Waals surface area contributed by atoms with Crippen LogP contribution < -0.4 is 14.8 Å². The minimum Gasteiger partial charge on any atom is -0.486 e. The number of rotatable bonds is 3. The molecule has 5 heteroatoms. The Bertz CT molecular complexity index is 614. The molecule has 0 radical (unpaired) electrons. The summed E-state index contributed by atoms with van der Waals surface area (Å²) in [7, 11) is 0. The molecule has 5 nitrogen and oxygen atoms in total. The van der Waals surface area contributed by atoms with E-state index in [0.29, 0.717) is 36.8 Å². The topological polar surface area (TPSA) is 60.5 Å². The van der Waals surface area contributed by atoms with Crippen LogP contribution in [0.3, 0.4) is 0 Å². The molecule has 0 spiro atoms. The number of benzene rings is 1. The molecule has 0 fully saturated rings. The number of fused-ring (bicyclic) bond motifs is 1. The van der Waals surface area contributed by atoms with Crippen LogP contribution in [-0.2, 0) is 11.2 Å². The maximum atomic E-state index is 11.9. The van der Waals surface area contributed by atoms with Gasteiger partial charge in [0.2, 0.25) is 5.91 Å². The fourth-order valence-electron chi connectivity index (χ4n) is 2.01. The first-order chi connectivity index (χ1) is 9.81. The number of ether oxygens (including phenoxy) is 2. The van der Waals surface area contributed by atoms with Gasteiger partial charge in [0.15, 0.2) is 11.5 Å². The quantitative estimate of drug-likeness (QED) is 0.927. The third-order valence-corrected chi connectivity index (χ3v) is 2.91. The lowest BCUT2D eigenvalue weighted by molar-refractivity contribution is -0.115. The molecule has 102 valence electrons. The molecule has 1 aromatic carbocycles. The van der Waals surface area contributed by atoms with Crippen molar-refractivity contribution in [2.75, 3.05) is 18.5 Å². The van der Waals surface area contributed by atoms with Crippen molar-refractivity contribution >= 4 is 11.6 Å². The van der Waals surface area contributed by atoms with Gasteiger partial charge in [-0.05, 0) is 23.8 Å². The first-order valence-corrected chi connectivity index (χ1v) is 6.40. The number of pyridine rings is 1. The van der Waals surface area contributed by atoms with Gasteiger partial charge in [-0.2, -0.15) is 0 Å². The Morgan fingerprint density at radius 1 is 1.20 bits per heavy atom. The zero-order valence-corrected chi connectivity index (χ0v) is 10.8. The van der Waals surface area contributed by atoms with Gasteiger partial charge in [-0.1, -0.05) is 6.07 Å². The Balaban J connectivity index is 1.67. The summed E-state index contributed by atoms with van der Waals surface area (Å²) in [4.78, 5) is 15.9. The summed E-state index contributed by atoms with van der Waals surface area (Å²) in [5.41, 5.74) is 1.57. The third-order valence-electron chi connectivity index (χ3n) is 2.91. The van der Waals surface area contributed by atoms with Crippen molar-refractivity contribution in [1.29, 1.82) is 0 Å². The number of nitrogens with one attached hydrogen (secondary N) is 1. The Hall–Kier alpha value is -2.56. The Labute approximate surface area is 116 Å². The predicted molar refractivity (Wildman–Crippen MR) is 74.0 cm³/mol. The molecular weight excluding hydrogens is 256 g/mol. The average Bonchev–Trinajstić information content (AvgIpc) is 2.48. The largest absolute Gasteiger partial charge is 0.486 e.